The van der Waals surface area contributed by atoms with Gasteiger partial charge in [-0.1, -0.05) is 0 Å². The molecule has 306 valence electrons. The van der Waals surface area contributed by atoms with E-state index in [-0.39, 0.29) is 32.4 Å². The van der Waals surface area contributed by atoms with E-state index in [1.54, 1.807) is 0 Å². The Hall–Kier alpha value is -6.48. The van der Waals surface area contributed by atoms with Gasteiger partial charge in [0.15, 0.2) is 0 Å². The SMILES string of the molecule is CC(NC(=O)CCCC(=O)NC(C)C(=O)NC(C)C(=O)NC(C)C(=O)NCN1C(=O)C=CC1=O)C(=O)NC(C)C(=O)NC(C)C(=O)NCCN1C(=O)C=CC1=O. The first-order valence-electron chi connectivity index (χ1n) is 17.6. The molecule has 0 aliphatic carbocycles. The third-order valence-electron chi connectivity index (χ3n) is 8.20. The summed E-state index contributed by atoms with van der Waals surface area (Å²) in [6.45, 7) is 7.75. The van der Waals surface area contributed by atoms with Crippen molar-refractivity contribution in [1.82, 2.24) is 52.3 Å². The Balaban J connectivity index is 1.63. The average Bonchev–Trinajstić information content (AvgIpc) is 3.63. The summed E-state index contributed by atoms with van der Waals surface area (Å²) in [7, 11) is 0. The van der Waals surface area contributed by atoms with Gasteiger partial charge in [0, 0.05) is 50.2 Å². The fraction of sp³-hybridized carbons (Fsp3) is 0.529. The van der Waals surface area contributed by atoms with Crippen molar-refractivity contribution in [3.05, 3.63) is 24.3 Å². The van der Waals surface area contributed by atoms with Crippen LogP contribution in [0.5, 0.6) is 0 Å². The smallest absolute Gasteiger partial charge is 0.255 e. The van der Waals surface area contributed by atoms with Crippen LogP contribution < -0.4 is 42.5 Å². The zero-order valence-corrected chi connectivity index (χ0v) is 31.8. The highest BCUT2D eigenvalue weighted by atomic mass is 16.2. The number of nitrogens with one attached hydrogen (secondary N) is 8. The largest absolute Gasteiger partial charge is 0.353 e. The molecule has 2 aliphatic rings. The number of hydrogen-bond acceptors (Lipinski definition) is 12. The van der Waals surface area contributed by atoms with Crippen LogP contribution in [0.15, 0.2) is 24.3 Å². The van der Waals surface area contributed by atoms with Crippen LogP contribution in [0.1, 0.15) is 60.8 Å². The molecule has 0 saturated heterocycles. The Morgan fingerprint density at radius 3 is 1.12 bits per heavy atom. The minimum Gasteiger partial charge on any atom is -0.353 e. The second-order valence-electron chi connectivity index (χ2n) is 12.9. The van der Waals surface area contributed by atoms with Crippen LogP contribution in [0.4, 0.5) is 0 Å². The number of imide groups is 2. The summed E-state index contributed by atoms with van der Waals surface area (Å²) in [4.78, 5) is 148. The number of carbonyl (C=O) groups excluding carboxylic acids is 12. The van der Waals surface area contributed by atoms with Crippen LogP contribution >= 0.6 is 0 Å². The quantitative estimate of drug-likeness (QED) is 0.0509. The molecule has 56 heavy (non-hydrogen) atoms. The summed E-state index contributed by atoms with van der Waals surface area (Å²) >= 11 is 0. The predicted octanol–water partition coefficient (Wildman–Crippen LogP) is -4.78. The molecule has 6 atom stereocenters. The molecule has 0 bridgehead atoms. The topological polar surface area (TPSA) is 308 Å². The van der Waals surface area contributed by atoms with Gasteiger partial charge in [0.1, 0.15) is 42.9 Å². The number of hydrogen-bond donors (Lipinski definition) is 8. The molecule has 8 N–H and O–H groups in total. The maximum Gasteiger partial charge on any atom is 0.255 e. The van der Waals surface area contributed by atoms with E-state index >= 15 is 0 Å². The fourth-order valence-corrected chi connectivity index (χ4v) is 4.78. The summed E-state index contributed by atoms with van der Waals surface area (Å²) in [6, 6.07) is -6.45. The van der Waals surface area contributed by atoms with Crippen molar-refractivity contribution in [2.75, 3.05) is 19.8 Å². The highest BCUT2D eigenvalue weighted by Gasteiger charge is 2.28. The van der Waals surface area contributed by atoms with Crippen LogP contribution in [0.3, 0.4) is 0 Å². The Morgan fingerprint density at radius 2 is 0.750 bits per heavy atom. The van der Waals surface area contributed by atoms with Gasteiger partial charge in [-0.15, -0.1) is 0 Å². The highest BCUT2D eigenvalue weighted by molar-refractivity contribution is 6.13. The van der Waals surface area contributed by atoms with E-state index in [2.05, 4.69) is 42.5 Å². The lowest BCUT2D eigenvalue weighted by atomic mass is 10.2. The molecule has 0 saturated carbocycles. The van der Waals surface area contributed by atoms with E-state index in [9.17, 15) is 57.5 Å². The van der Waals surface area contributed by atoms with Crippen LogP contribution in [0.25, 0.3) is 0 Å². The van der Waals surface area contributed by atoms with Gasteiger partial charge in [-0.3, -0.25) is 67.3 Å². The maximum absolute atomic E-state index is 12.6. The standard InChI is InChI=1S/C34H48N10O12/c1-17(29(51)35-14-15-43-25(47)10-11-26(43)48)39-33(55)21(5)41-31(53)19(3)37-23(45)8-7-9-24(46)38-20(4)32(54)42-22(6)34(56)40-18(2)30(52)36-16-44-27(49)12-13-28(44)50/h10-13,17-22H,7-9,14-16H2,1-6H3,(H,35,51)(H,36,52)(H,37,45)(H,38,46)(H,39,55)(H,40,56)(H,41,53)(H,42,54). The van der Waals surface area contributed by atoms with Gasteiger partial charge in [0.25, 0.3) is 23.6 Å². The molecule has 6 unspecified atom stereocenters. The molecule has 22 nitrogen and oxygen atoms in total. The van der Waals surface area contributed by atoms with Gasteiger partial charge >= 0.3 is 0 Å². The van der Waals surface area contributed by atoms with Crippen LogP contribution in [0, 0.1) is 0 Å². The molecule has 0 aromatic heterocycles. The van der Waals surface area contributed by atoms with Crippen LogP contribution in [0.2, 0.25) is 0 Å². The fourth-order valence-electron chi connectivity index (χ4n) is 4.78. The summed E-state index contributed by atoms with van der Waals surface area (Å²) in [5.41, 5.74) is 0. The van der Waals surface area contributed by atoms with E-state index < -0.39 is 114 Å². The first kappa shape index (κ1) is 45.7. The Bertz CT molecular complexity index is 1640. The molecule has 0 spiro atoms. The molecule has 0 radical (unpaired) electrons. The number of amides is 12. The molecule has 2 rings (SSSR count). The Labute approximate surface area is 321 Å². The average molecular weight is 789 g/mol. The summed E-state index contributed by atoms with van der Waals surface area (Å²) < 4.78 is 0. The molecule has 2 aliphatic heterocycles. The molecule has 0 aromatic rings. The van der Waals surface area contributed by atoms with Crippen molar-refractivity contribution >= 4 is 70.9 Å². The maximum atomic E-state index is 12.6. The monoisotopic (exact) mass is 788 g/mol. The van der Waals surface area contributed by atoms with Crippen LogP contribution in [-0.4, -0.2) is 137 Å². The van der Waals surface area contributed by atoms with E-state index in [1.807, 2.05) is 0 Å². The molecular formula is C34H48N10O12. The zero-order chi connectivity index (χ0) is 42.3. The van der Waals surface area contributed by atoms with Crippen molar-refractivity contribution in [3.8, 4) is 0 Å². The van der Waals surface area contributed by atoms with E-state index in [1.165, 1.54) is 41.5 Å². The van der Waals surface area contributed by atoms with Crippen molar-refractivity contribution in [2.24, 2.45) is 0 Å². The van der Waals surface area contributed by atoms with Gasteiger partial charge in [-0.2, -0.15) is 0 Å². The van der Waals surface area contributed by atoms with Gasteiger partial charge < -0.3 is 42.5 Å². The third kappa shape index (κ3) is 14.4. The highest BCUT2D eigenvalue weighted by Crippen LogP contribution is 2.03. The normalized spacial score (nSPS) is 16.5. The molecule has 0 fully saturated rings. The first-order chi connectivity index (χ1) is 26.2. The van der Waals surface area contributed by atoms with Crippen molar-refractivity contribution in [2.45, 2.75) is 97.1 Å². The molecule has 22 heteroatoms. The number of rotatable bonds is 21. The summed E-state index contributed by atoms with van der Waals surface area (Å²) in [5, 5.41) is 19.4. The lowest BCUT2D eigenvalue weighted by Gasteiger charge is -2.21. The van der Waals surface area contributed by atoms with Gasteiger partial charge in [0.2, 0.25) is 47.3 Å². The van der Waals surface area contributed by atoms with E-state index in [0.29, 0.717) is 0 Å². The van der Waals surface area contributed by atoms with E-state index in [4.69, 9.17) is 0 Å². The number of carbonyl (C=O) groups is 12. The minimum atomic E-state index is -1.12. The molecule has 12 amide bonds. The lowest BCUT2D eigenvalue weighted by molar-refractivity contribution is -0.139. The van der Waals surface area contributed by atoms with Gasteiger partial charge in [-0.05, 0) is 48.0 Å². The van der Waals surface area contributed by atoms with Crippen molar-refractivity contribution in [3.63, 3.8) is 0 Å². The van der Waals surface area contributed by atoms with Gasteiger partial charge in [-0.25, -0.2) is 0 Å². The van der Waals surface area contributed by atoms with Crippen LogP contribution in [-0.2, 0) is 57.5 Å². The predicted molar refractivity (Wildman–Crippen MR) is 192 cm³/mol. The Kier molecular flexibility index (Phi) is 17.5. The van der Waals surface area contributed by atoms with Gasteiger partial charge in [0.05, 0.1) is 0 Å². The summed E-state index contributed by atoms with van der Waals surface area (Å²) in [5.74, 6) is -7.43. The third-order valence-corrected chi connectivity index (χ3v) is 8.20. The number of nitrogens with zero attached hydrogens (tertiary/aromatic N) is 2. The Morgan fingerprint density at radius 1 is 0.446 bits per heavy atom. The second kappa shape index (κ2) is 21.4. The summed E-state index contributed by atoms with van der Waals surface area (Å²) in [6.07, 6.45) is 4.08. The lowest BCUT2D eigenvalue weighted by Crippen LogP contribution is -2.55. The first-order valence-corrected chi connectivity index (χ1v) is 17.6. The minimum absolute atomic E-state index is 0.0354. The second-order valence-corrected chi connectivity index (χ2v) is 12.9. The molecule has 0 aromatic carbocycles. The molecular weight excluding hydrogens is 740 g/mol. The van der Waals surface area contributed by atoms with E-state index in [0.717, 1.165) is 34.1 Å². The zero-order valence-electron chi connectivity index (χ0n) is 31.8. The van der Waals surface area contributed by atoms with Crippen molar-refractivity contribution < 1.29 is 57.5 Å². The van der Waals surface area contributed by atoms with Crippen molar-refractivity contribution in [1.29, 1.82) is 0 Å². The molecule has 2 heterocycles.